The number of hydrogen-bond acceptors (Lipinski definition) is 9. The standard InChI is InChI=1S/C41H72NO10P/c1-3-5-7-9-11-12-13-14-15-16-17-18-19-20-21-22-23-24-25-26-27-29-31-33-40(44)52-37(34-49-39(43)32-30-28-10-8-6-4-2)35-50-53(47,48)51-36-38(42)41(45)46/h5,7,11-12,14-15,17-18,37-38H,3-4,6,8-10,13,16,19-36,42H2,1-2H3,(H,45,46)(H,47,48)/b7-5-,12-11-,15-14-,18-17-. The van der Waals surface area contributed by atoms with Crippen LogP contribution in [0.1, 0.15) is 162 Å². The second kappa shape index (κ2) is 36.4. The molecule has 0 aliphatic carbocycles. The molecule has 3 unspecified atom stereocenters. The van der Waals surface area contributed by atoms with Crippen molar-refractivity contribution < 1.29 is 47.5 Å². The highest BCUT2D eigenvalue weighted by molar-refractivity contribution is 7.47. The number of carbonyl (C=O) groups excluding carboxylic acids is 2. The molecule has 3 atom stereocenters. The first-order valence-electron chi connectivity index (χ1n) is 20.2. The molecule has 0 aromatic heterocycles. The van der Waals surface area contributed by atoms with Gasteiger partial charge in [0.1, 0.15) is 12.6 Å². The summed E-state index contributed by atoms with van der Waals surface area (Å²) in [4.78, 5) is 45.6. The minimum Gasteiger partial charge on any atom is -0.480 e. The molecule has 306 valence electrons. The van der Waals surface area contributed by atoms with Gasteiger partial charge in [-0.3, -0.25) is 23.4 Å². The molecule has 0 aromatic carbocycles. The van der Waals surface area contributed by atoms with Crippen molar-refractivity contribution in [1.82, 2.24) is 0 Å². The Morgan fingerprint density at radius 3 is 1.58 bits per heavy atom. The summed E-state index contributed by atoms with van der Waals surface area (Å²) in [5.41, 5.74) is 5.31. The van der Waals surface area contributed by atoms with Crippen molar-refractivity contribution in [3.8, 4) is 0 Å². The Morgan fingerprint density at radius 2 is 1.06 bits per heavy atom. The van der Waals surface area contributed by atoms with E-state index in [-0.39, 0.29) is 19.4 Å². The zero-order valence-corrected chi connectivity index (χ0v) is 33.7. The molecule has 12 heteroatoms. The van der Waals surface area contributed by atoms with Gasteiger partial charge in [0.25, 0.3) is 0 Å². The van der Waals surface area contributed by atoms with Crippen molar-refractivity contribution in [2.75, 3.05) is 19.8 Å². The number of carboxylic acid groups (broad SMARTS) is 1. The number of hydrogen-bond donors (Lipinski definition) is 3. The lowest BCUT2D eigenvalue weighted by atomic mass is 10.0. The summed E-state index contributed by atoms with van der Waals surface area (Å²) in [6.07, 6.45) is 39.3. The molecule has 0 saturated carbocycles. The van der Waals surface area contributed by atoms with E-state index in [9.17, 15) is 23.8 Å². The minimum absolute atomic E-state index is 0.155. The number of esters is 2. The van der Waals surface area contributed by atoms with Crippen LogP contribution in [0.2, 0.25) is 0 Å². The van der Waals surface area contributed by atoms with E-state index in [2.05, 4.69) is 67.0 Å². The largest absolute Gasteiger partial charge is 0.480 e. The molecule has 0 aliphatic heterocycles. The van der Waals surface area contributed by atoms with Gasteiger partial charge in [-0.15, -0.1) is 0 Å². The van der Waals surface area contributed by atoms with E-state index in [1.807, 2.05) is 0 Å². The van der Waals surface area contributed by atoms with E-state index in [0.717, 1.165) is 83.5 Å². The van der Waals surface area contributed by atoms with Crippen LogP contribution >= 0.6 is 7.82 Å². The lowest BCUT2D eigenvalue weighted by Crippen LogP contribution is -2.34. The Hall–Kier alpha value is -2.56. The maximum absolute atomic E-state index is 12.6. The van der Waals surface area contributed by atoms with Crippen LogP contribution in [-0.2, 0) is 37.5 Å². The number of phosphoric ester groups is 1. The van der Waals surface area contributed by atoms with Crippen LogP contribution in [0.3, 0.4) is 0 Å². The first kappa shape index (κ1) is 50.4. The van der Waals surface area contributed by atoms with E-state index < -0.39 is 51.1 Å². The summed E-state index contributed by atoms with van der Waals surface area (Å²) in [5.74, 6) is -2.40. The van der Waals surface area contributed by atoms with Gasteiger partial charge in [0, 0.05) is 12.8 Å². The molecule has 4 N–H and O–H groups in total. The summed E-state index contributed by atoms with van der Waals surface area (Å²) < 4.78 is 32.4. The monoisotopic (exact) mass is 769 g/mol. The summed E-state index contributed by atoms with van der Waals surface area (Å²) in [5, 5.41) is 8.85. The fourth-order valence-corrected chi connectivity index (χ4v) is 5.95. The van der Waals surface area contributed by atoms with Gasteiger partial charge >= 0.3 is 25.7 Å². The topological polar surface area (TPSA) is 172 Å². The molecule has 0 spiro atoms. The minimum atomic E-state index is -4.71. The normalized spacial score (nSPS) is 14.3. The Morgan fingerprint density at radius 1 is 0.604 bits per heavy atom. The van der Waals surface area contributed by atoms with Gasteiger partial charge in [0.05, 0.1) is 13.2 Å². The molecule has 0 fully saturated rings. The van der Waals surface area contributed by atoms with Crippen LogP contribution in [0.15, 0.2) is 48.6 Å². The Labute approximate surface area is 320 Å². The number of ether oxygens (including phenoxy) is 2. The lowest BCUT2D eigenvalue weighted by molar-refractivity contribution is -0.161. The van der Waals surface area contributed by atoms with Gasteiger partial charge < -0.3 is 25.2 Å². The van der Waals surface area contributed by atoms with Gasteiger partial charge in [0.15, 0.2) is 6.10 Å². The highest BCUT2D eigenvalue weighted by atomic mass is 31.2. The molecule has 0 aromatic rings. The summed E-state index contributed by atoms with van der Waals surface area (Å²) in [7, 11) is -4.71. The van der Waals surface area contributed by atoms with Gasteiger partial charge in [-0.05, 0) is 51.4 Å². The Bertz CT molecular complexity index is 1090. The number of nitrogens with two attached hydrogens (primary N) is 1. The third kappa shape index (κ3) is 36.2. The van der Waals surface area contributed by atoms with Crippen LogP contribution in [0.4, 0.5) is 0 Å². The second-order valence-corrected chi connectivity index (χ2v) is 14.8. The highest BCUT2D eigenvalue weighted by Gasteiger charge is 2.28. The molecule has 53 heavy (non-hydrogen) atoms. The van der Waals surface area contributed by atoms with Gasteiger partial charge in [-0.2, -0.15) is 0 Å². The third-order valence-electron chi connectivity index (χ3n) is 8.34. The fraction of sp³-hybridized carbons (Fsp3) is 0.732. The van der Waals surface area contributed by atoms with E-state index in [0.29, 0.717) is 12.8 Å². The van der Waals surface area contributed by atoms with Crippen molar-refractivity contribution in [2.24, 2.45) is 5.73 Å². The maximum atomic E-state index is 12.6. The number of allylic oxidation sites excluding steroid dienone is 8. The van der Waals surface area contributed by atoms with Crippen molar-refractivity contribution in [3.05, 3.63) is 48.6 Å². The Kier molecular flexibility index (Phi) is 34.7. The Balaban J connectivity index is 4.20. The zero-order valence-electron chi connectivity index (χ0n) is 32.8. The predicted octanol–water partition coefficient (Wildman–Crippen LogP) is 10.2. The van der Waals surface area contributed by atoms with Crippen molar-refractivity contribution >= 4 is 25.7 Å². The van der Waals surface area contributed by atoms with Crippen LogP contribution < -0.4 is 5.73 Å². The molecular formula is C41H72NO10P. The first-order chi connectivity index (χ1) is 25.6. The molecular weight excluding hydrogens is 697 g/mol. The lowest BCUT2D eigenvalue weighted by Gasteiger charge is -2.20. The molecule has 0 saturated heterocycles. The molecule has 0 amide bonds. The number of unbranched alkanes of at least 4 members (excludes halogenated alkanes) is 15. The molecule has 0 radical (unpaired) electrons. The maximum Gasteiger partial charge on any atom is 0.472 e. The number of rotatable bonds is 37. The fourth-order valence-electron chi connectivity index (χ4n) is 5.17. The summed E-state index contributed by atoms with van der Waals surface area (Å²) >= 11 is 0. The van der Waals surface area contributed by atoms with Crippen LogP contribution in [0, 0.1) is 0 Å². The average Bonchev–Trinajstić information content (AvgIpc) is 3.13. The zero-order chi connectivity index (χ0) is 39.3. The summed E-state index contributed by atoms with van der Waals surface area (Å²) in [6, 6.07) is -1.52. The van der Waals surface area contributed by atoms with Gasteiger partial charge in [-0.25, -0.2) is 4.57 Å². The van der Waals surface area contributed by atoms with Crippen LogP contribution in [0.25, 0.3) is 0 Å². The van der Waals surface area contributed by atoms with E-state index in [4.69, 9.17) is 24.8 Å². The van der Waals surface area contributed by atoms with Crippen LogP contribution in [-0.4, -0.2) is 59.9 Å². The first-order valence-corrected chi connectivity index (χ1v) is 21.7. The third-order valence-corrected chi connectivity index (χ3v) is 9.29. The average molecular weight is 770 g/mol. The van der Waals surface area contributed by atoms with Crippen LogP contribution in [0.5, 0.6) is 0 Å². The highest BCUT2D eigenvalue weighted by Crippen LogP contribution is 2.43. The van der Waals surface area contributed by atoms with Crippen molar-refractivity contribution in [3.63, 3.8) is 0 Å². The molecule has 11 nitrogen and oxygen atoms in total. The van der Waals surface area contributed by atoms with Crippen molar-refractivity contribution in [1.29, 1.82) is 0 Å². The van der Waals surface area contributed by atoms with E-state index in [1.165, 1.54) is 38.5 Å². The molecule has 0 aliphatic rings. The smallest absolute Gasteiger partial charge is 0.472 e. The predicted molar refractivity (Wildman–Crippen MR) is 212 cm³/mol. The van der Waals surface area contributed by atoms with Gasteiger partial charge in [-0.1, -0.05) is 146 Å². The quantitative estimate of drug-likeness (QED) is 0.0238. The van der Waals surface area contributed by atoms with E-state index in [1.54, 1.807) is 0 Å². The SMILES string of the molecule is CC/C=C\C/C=C\C/C=C\C/C=C\CCCCCCCCCCCCC(=O)OC(COC(=O)CCCCCCCC)COP(=O)(O)OCC(N)C(=O)O. The molecule has 0 rings (SSSR count). The van der Waals surface area contributed by atoms with Crippen molar-refractivity contribution in [2.45, 2.75) is 174 Å². The molecule has 0 heterocycles. The number of carboxylic acids is 1. The number of carbonyl (C=O) groups is 3. The number of phosphoric acid groups is 1. The van der Waals surface area contributed by atoms with Gasteiger partial charge in [0.2, 0.25) is 0 Å². The van der Waals surface area contributed by atoms with E-state index >= 15 is 0 Å². The number of aliphatic carboxylic acids is 1. The summed E-state index contributed by atoms with van der Waals surface area (Å²) in [6.45, 7) is 2.59. The second-order valence-electron chi connectivity index (χ2n) is 13.4. The molecule has 0 bridgehead atoms.